The number of fused-ring (bicyclic) bond motifs is 1. The Morgan fingerprint density at radius 3 is 2.52 bits per heavy atom. The number of carbonyl (C=O) groups is 1. The molecule has 1 saturated heterocycles. The molecule has 0 unspecified atom stereocenters. The highest BCUT2D eigenvalue weighted by Gasteiger charge is 2.30. The van der Waals surface area contributed by atoms with Crippen molar-refractivity contribution in [1.82, 2.24) is 19.7 Å². The first kappa shape index (κ1) is 22.4. The Kier molecular flexibility index (Phi) is 6.60. The summed E-state index contributed by atoms with van der Waals surface area (Å²) in [6, 6.07) is 12.2. The van der Waals surface area contributed by atoms with E-state index < -0.39 is 0 Å². The van der Waals surface area contributed by atoms with E-state index in [0.717, 1.165) is 35.6 Å². The van der Waals surface area contributed by atoms with Gasteiger partial charge in [-0.3, -0.25) is 9.69 Å². The van der Waals surface area contributed by atoms with E-state index in [1.54, 1.807) is 11.2 Å². The first-order valence-corrected chi connectivity index (χ1v) is 11.1. The molecule has 2 aliphatic rings. The van der Waals surface area contributed by atoms with Gasteiger partial charge in [0.15, 0.2) is 5.82 Å². The zero-order valence-electron chi connectivity index (χ0n) is 18.8. The lowest BCUT2D eigenvalue weighted by molar-refractivity contribution is -0.191. The van der Waals surface area contributed by atoms with Gasteiger partial charge in [0.25, 0.3) is 5.91 Å². The summed E-state index contributed by atoms with van der Waals surface area (Å²) in [5.41, 5.74) is 3.71. The van der Waals surface area contributed by atoms with Gasteiger partial charge >= 0.3 is 6.15 Å². The second-order valence-corrected chi connectivity index (χ2v) is 8.40. The van der Waals surface area contributed by atoms with Gasteiger partial charge in [-0.25, -0.2) is 4.98 Å². The van der Waals surface area contributed by atoms with E-state index in [2.05, 4.69) is 47.1 Å². The number of amides is 1. The summed E-state index contributed by atoms with van der Waals surface area (Å²) in [4.78, 5) is 38.4. The normalized spacial score (nSPS) is 15.2. The Hall–Kier alpha value is -3.84. The summed E-state index contributed by atoms with van der Waals surface area (Å²) >= 11 is 0. The average molecular weight is 447 g/mol. The summed E-state index contributed by atoms with van der Waals surface area (Å²) in [6.07, 6.45) is 5.69. The Balaban J connectivity index is 0.000000821. The van der Waals surface area contributed by atoms with Gasteiger partial charge in [0.2, 0.25) is 0 Å². The number of hydrogen-bond donors (Lipinski definition) is 0. The van der Waals surface area contributed by atoms with E-state index in [0.29, 0.717) is 18.2 Å². The van der Waals surface area contributed by atoms with Crippen LogP contribution in [0.15, 0.2) is 42.7 Å². The third kappa shape index (κ3) is 4.54. The van der Waals surface area contributed by atoms with Crippen LogP contribution >= 0.6 is 0 Å². The number of anilines is 2. The van der Waals surface area contributed by atoms with Gasteiger partial charge in [-0.1, -0.05) is 12.1 Å². The third-order valence-electron chi connectivity index (χ3n) is 5.99. The number of rotatable bonds is 4. The van der Waals surface area contributed by atoms with Gasteiger partial charge in [-0.2, -0.15) is 9.59 Å². The molecule has 9 nitrogen and oxygen atoms in total. The van der Waals surface area contributed by atoms with Crippen molar-refractivity contribution in [3.63, 3.8) is 0 Å². The standard InChI is InChI=1S/C23H26N6O.CO2/c1-16(2)29-15-24-26-22(29)20-7-6-8-21(25-20)28-14-17-9-10-18(13-19(17)23(28)30)27-11-4-3-5-12-27;2-1-3/h6-10,13,15-16H,3-5,11-12,14H2,1-2H3;. The van der Waals surface area contributed by atoms with Crippen LogP contribution in [0, 0.1) is 0 Å². The molecule has 0 aliphatic carbocycles. The highest BCUT2D eigenvalue weighted by Crippen LogP contribution is 2.32. The maximum absolute atomic E-state index is 13.2. The molecule has 1 amide bonds. The fraction of sp³-hybridized carbons (Fsp3) is 0.375. The lowest BCUT2D eigenvalue weighted by Gasteiger charge is -2.29. The minimum Gasteiger partial charge on any atom is -0.372 e. The summed E-state index contributed by atoms with van der Waals surface area (Å²) < 4.78 is 1.98. The molecule has 2 aromatic heterocycles. The van der Waals surface area contributed by atoms with E-state index in [-0.39, 0.29) is 18.1 Å². The summed E-state index contributed by atoms with van der Waals surface area (Å²) in [7, 11) is 0. The van der Waals surface area contributed by atoms with Crippen LogP contribution in [0.4, 0.5) is 11.5 Å². The Morgan fingerprint density at radius 1 is 1.03 bits per heavy atom. The summed E-state index contributed by atoms with van der Waals surface area (Å²) in [6.45, 7) is 6.84. The number of piperidine rings is 1. The van der Waals surface area contributed by atoms with Crippen molar-refractivity contribution in [3.05, 3.63) is 53.9 Å². The zero-order valence-corrected chi connectivity index (χ0v) is 18.8. The predicted molar refractivity (Wildman–Crippen MR) is 122 cm³/mol. The molecule has 0 bridgehead atoms. The van der Waals surface area contributed by atoms with Crippen LogP contribution in [-0.4, -0.2) is 44.9 Å². The molecule has 170 valence electrons. The van der Waals surface area contributed by atoms with Crippen molar-refractivity contribution in [3.8, 4) is 11.5 Å². The van der Waals surface area contributed by atoms with Crippen LogP contribution in [0.5, 0.6) is 0 Å². The molecule has 5 rings (SSSR count). The molecule has 4 heterocycles. The smallest absolute Gasteiger partial charge is 0.372 e. The minimum atomic E-state index is 0.0128. The SMILES string of the molecule is CC(C)n1cnnc1-c1cccc(N2Cc3ccc(N4CCCCC4)cc3C2=O)n1.O=C=O. The fourth-order valence-electron chi connectivity index (χ4n) is 4.32. The van der Waals surface area contributed by atoms with E-state index in [4.69, 9.17) is 14.6 Å². The maximum Gasteiger partial charge on any atom is 0.373 e. The molecule has 1 fully saturated rings. The molecule has 0 N–H and O–H groups in total. The molecule has 0 saturated carbocycles. The molecule has 0 atom stereocenters. The quantitative estimate of drug-likeness (QED) is 0.605. The largest absolute Gasteiger partial charge is 0.373 e. The van der Waals surface area contributed by atoms with Gasteiger partial charge in [0.1, 0.15) is 17.8 Å². The van der Waals surface area contributed by atoms with Crippen molar-refractivity contribution in [2.45, 2.75) is 45.7 Å². The van der Waals surface area contributed by atoms with E-state index in [1.807, 2.05) is 22.8 Å². The molecular formula is C24H26N6O3. The topological polar surface area (TPSA) is 101 Å². The second kappa shape index (κ2) is 9.75. The zero-order chi connectivity index (χ0) is 23.4. The van der Waals surface area contributed by atoms with Crippen molar-refractivity contribution in [2.24, 2.45) is 0 Å². The van der Waals surface area contributed by atoms with Gasteiger partial charge in [-0.15, -0.1) is 10.2 Å². The van der Waals surface area contributed by atoms with Crippen LogP contribution in [0.2, 0.25) is 0 Å². The Morgan fingerprint density at radius 2 is 1.79 bits per heavy atom. The lowest BCUT2D eigenvalue weighted by atomic mass is 10.1. The number of pyridine rings is 1. The Bertz CT molecular complexity index is 1180. The van der Waals surface area contributed by atoms with E-state index in [9.17, 15) is 4.79 Å². The average Bonchev–Trinajstić information content (AvgIpc) is 3.46. The minimum absolute atomic E-state index is 0.0128. The predicted octanol–water partition coefficient (Wildman–Crippen LogP) is 3.49. The van der Waals surface area contributed by atoms with Gasteiger partial charge < -0.3 is 9.47 Å². The number of nitrogens with zero attached hydrogens (tertiary/aromatic N) is 6. The molecular weight excluding hydrogens is 420 g/mol. The highest BCUT2D eigenvalue weighted by molar-refractivity contribution is 6.10. The maximum atomic E-state index is 13.2. The van der Waals surface area contributed by atoms with Crippen LogP contribution in [-0.2, 0) is 16.1 Å². The van der Waals surface area contributed by atoms with Gasteiger partial charge in [-0.05, 0) is 62.9 Å². The van der Waals surface area contributed by atoms with Crippen molar-refractivity contribution in [2.75, 3.05) is 22.9 Å². The number of hydrogen-bond acceptors (Lipinski definition) is 7. The van der Waals surface area contributed by atoms with Crippen LogP contribution in [0.25, 0.3) is 11.5 Å². The molecule has 1 aromatic carbocycles. The lowest BCUT2D eigenvalue weighted by Crippen LogP contribution is -2.29. The monoisotopic (exact) mass is 446 g/mol. The molecule has 2 aliphatic heterocycles. The number of benzene rings is 1. The Labute approximate surface area is 192 Å². The van der Waals surface area contributed by atoms with Gasteiger partial charge in [0, 0.05) is 30.4 Å². The van der Waals surface area contributed by atoms with Crippen LogP contribution in [0.1, 0.15) is 55.1 Å². The first-order valence-electron chi connectivity index (χ1n) is 11.1. The van der Waals surface area contributed by atoms with Crippen molar-refractivity contribution < 1.29 is 14.4 Å². The van der Waals surface area contributed by atoms with Crippen LogP contribution in [0.3, 0.4) is 0 Å². The van der Waals surface area contributed by atoms with E-state index in [1.165, 1.54) is 19.3 Å². The molecule has 9 heteroatoms. The molecule has 0 spiro atoms. The molecule has 3 aromatic rings. The number of aromatic nitrogens is 4. The van der Waals surface area contributed by atoms with Crippen molar-refractivity contribution >= 4 is 23.6 Å². The highest BCUT2D eigenvalue weighted by atomic mass is 16.2. The summed E-state index contributed by atoms with van der Waals surface area (Å²) in [5, 5.41) is 8.27. The summed E-state index contributed by atoms with van der Waals surface area (Å²) in [5.74, 6) is 1.37. The third-order valence-corrected chi connectivity index (χ3v) is 5.99. The fourth-order valence-corrected chi connectivity index (χ4v) is 4.32. The van der Waals surface area contributed by atoms with Crippen molar-refractivity contribution in [1.29, 1.82) is 0 Å². The first-order chi connectivity index (χ1) is 16.0. The molecule has 33 heavy (non-hydrogen) atoms. The van der Waals surface area contributed by atoms with Gasteiger partial charge in [0.05, 0.1) is 6.54 Å². The van der Waals surface area contributed by atoms with E-state index >= 15 is 0 Å². The second-order valence-electron chi connectivity index (χ2n) is 8.40. The number of carbonyl (C=O) groups excluding carboxylic acids is 3. The molecule has 0 radical (unpaired) electrons. The van der Waals surface area contributed by atoms with Crippen LogP contribution < -0.4 is 9.80 Å².